The van der Waals surface area contributed by atoms with Gasteiger partial charge < -0.3 is 0 Å². The summed E-state index contributed by atoms with van der Waals surface area (Å²) >= 11 is 0. The first kappa shape index (κ1) is 6.80. The van der Waals surface area contributed by atoms with Gasteiger partial charge in [0.05, 0.1) is 0 Å². The average Bonchev–Trinajstić information content (AvgIpc) is 2.04. The summed E-state index contributed by atoms with van der Waals surface area (Å²) in [4.78, 5) is 6.44. The molecule has 2 heterocycles. The minimum absolute atomic E-state index is 0.628. The van der Waals surface area contributed by atoms with E-state index in [0.717, 1.165) is 0 Å². The molecule has 0 radical (unpaired) electrons. The van der Waals surface area contributed by atoms with Crippen molar-refractivity contribution in [2.75, 3.05) is 13.6 Å². The number of nitrogens with zero attached hydrogens (tertiary/aromatic N) is 2. The molecule has 1 saturated heterocycles. The van der Waals surface area contributed by atoms with Gasteiger partial charge in [-0.05, 0) is 25.1 Å². The van der Waals surface area contributed by atoms with Crippen LogP contribution >= 0.6 is 0 Å². The van der Waals surface area contributed by atoms with Gasteiger partial charge in [-0.1, -0.05) is 6.07 Å². The first-order chi connectivity index (χ1) is 5.38. The van der Waals surface area contributed by atoms with Crippen molar-refractivity contribution >= 4 is 0 Å². The van der Waals surface area contributed by atoms with Gasteiger partial charge in [-0.15, -0.1) is 0 Å². The lowest BCUT2D eigenvalue weighted by Gasteiger charge is -2.37. The monoisotopic (exact) mass is 148 g/mol. The second-order valence-electron chi connectivity index (χ2n) is 3.07. The summed E-state index contributed by atoms with van der Waals surface area (Å²) in [6.45, 7) is 1.22. The zero-order chi connectivity index (χ0) is 7.68. The first-order valence-corrected chi connectivity index (χ1v) is 3.98. The van der Waals surface area contributed by atoms with E-state index in [-0.39, 0.29) is 0 Å². The minimum atomic E-state index is 0.628. The highest BCUT2D eigenvalue weighted by Crippen LogP contribution is 2.30. The molecule has 0 aliphatic carbocycles. The van der Waals surface area contributed by atoms with Gasteiger partial charge in [0.25, 0.3) is 0 Å². The zero-order valence-corrected chi connectivity index (χ0v) is 6.70. The van der Waals surface area contributed by atoms with Gasteiger partial charge in [0.2, 0.25) is 0 Å². The molecule has 2 rings (SSSR count). The van der Waals surface area contributed by atoms with E-state index in [4.69, 9.17) is 0 Å². The fraction of sp³-hybridized carbons (Fsp3) is 0.444. The molecule has 0 spiro atoms. The van der Waals surface area contributed by atoms with Gasteiger partial charge in [-0.3, -0.25) is 9.88 Å². The molecule has 0 bridgehead atoms. The van der Waals surface area contributed by atoms with Crippen molar-refractivity contribution in [2.24, 2.45) is 0 Å². The van der Waals surface area contributed by atoms with Crippen molar-refractivity contribution in [3.05, 3.63) is 30.1 Å². The number of hydrogen-bond acceptors (Lipinski definition) is 2. The Morgan fingerprint density at radius 1 is 1.64 bits per heavy atom. The van der Waals surface area contributed by atoms with E-state index in [1.165, 1.54) is 18.5 Å². The van der Waals surface area contributed by atoms with Crippen LogP contribution in [0.2, 0.25) is 0 Å². The third-order valence-electron chi connectivity index (χ3n) is 2.36. The summed E-state index contributed by atoms with van der Waals surface area (Å²) in [7, 11) is 2.15. The fourth-order valence-electron chi connectivity index (χ4n) is 1.51. The van der Waals surface area contributed by atoms with Crippen molar-refractivity contribution < 1.29 is 0 Å². The van der Waals surface area contributed by atoms with Crippen LogP contribution in [0.15, 0.2) is 24.5 Å². The topological polar surface area (TPSA) is 16.1 Å². The molecule has 1 aromatic rings. The summed E-state index contributed by atoms with van der Waals surface area (Å²) in [6.07, 6.45) is 5.06. The maximum Gasteiger partial charge on any atom is 0.0372 e. The smallest absolute Gasteiger partial charge is 0.0372 e. The number of hydrogen-bond donors (Lipinski definition) is 0. The highest BCUT2D eigenvalue weighted by atomic mass is 15.2. The predicted molar refractivity (Wildman–Crippen MR) is 44.2 cm³/mol. The van der Waals surface area contributed by atoms with Crippen LogP contribution in [0.3, 0.4) is 0 Å². The maximum atomic E-state index is 4.10. The molecule has 0 aromatic carbocycles. The predicted octanol–water partition coefficient (Wildman–Crippen LogP) is 1.46. The zero-order valence-electron chi connectivity index (χ0n) is 6.70. The van der Waals surface area contributed by atoms with Crippen LogP contribution in [0.1, 0.15) is 18.0 Å². The number of rotatable bonds is 1. The Morgan fingerprint density at radius 2 is 2.55 bits per heavy atom. The van der Waals surface area contributed by atoms with Crippen LogP contribution in [0.25, 0.3) is 0 Å². The van der Waals surface area contributed by atoms with Crippen LogP contribution in [0.5, 0.6) is 0 Å². The van der Waals surface area contributed by atoms with Gasteiger partial charge in [-0.2, -0.15) is 0 Å². The van der Waals surface area contributed by atoms with E-state index in [0.29, 0.717) is 6.04 Å². The molecule has 0 N–H and O–H groups in total. The Bertz CT molecular complexity index is 233. The SMILES string of the molecule is CN1CCC1c1cccnc1. The standard InChI is InChI=1S/C9H12N2/c1-11-6-4-9(11)8-3-2-5-10-7-8/h2-3,5,7,9H,4,6H2,1H3. The van der Waals surface area contributed by atoms with Gasteiger partial charge in [-0.25, -0.2) is 0 Å². The minimum Gasteiger partial charge on any atom is -0.299 e. The van der Waals surface area contributed by atoms with Crippen molar-refractivity contribution in [2.45, 2.75) is 12.5 Å². The summed E-state index contributed by atoms with van der Waals surface area (Å²) in [6, 6.07) is 4.78. The number of pyridine rings is 1. The molecular formula is C9H12N2. The van der Waals surface area contributed by atoms with Crippen LogP contribution in [0.4, 0.5) is 0 Å². The van der Waals surface area contributed by atoms with E-state index in [1.54, 1.807) is 0 Å². The van der Waals surface area contributed by atoms with Crippen molar-refractivity contribution in [1.29, 1.82) is 0 Å². The van der Waals surface area contributed by atoms with Crippen LogP contribution in [-0.4, -0.2) is 23.5 Å². The van der Waals surface area contributed by atoms with E-state index in [2.05, 4.69) is 23.0 Å². The Labute approximate surface area is 66.9 Å². The fourth-order valence-corrected chi connectivity index (χ4v) is 1.51. The molecule has 1 atom stereocenters. The summed E-state index contributed by atoms with van der Waals surface area (Å²) in [5, 5.41) is 0. The van der Waals surface area contributed by atoms with Crippen LogP contribution in [0, 0.1) is 0 Å². The molecule has 1 aromatic heterocycles. The molecular weight excluding hydrogens is 136 g/mol. The lowest BCUT2D eigenvalue weighted by Crippen LogP contribution is -2.37. The lowest BCUT2D eigenvalue weighted by atomic mass is 9.97. The van der Waals surface area contributed by atoms with E-state index in [9.17, 15) is 0 Å². The summed E-state index contributed by atoms with van der Waals surface area (Å²) in [5.74, 6) is 0. The average molecular weight is 148 g/mol. The molecule has 1 aliphatic heterocycles. The van der Waals surface area contributed by atoms with Crippen LogP contribution < -0.4 is 0 Å². The number of likely N-dealkylation sites (tertiary alicyclic amines) is 1. The summed E-state index contributed by atoms with van der Waals surface area (Å²) < 4.78 is 0. The highest BCUT2D eigenvalue weighted by molar-refractivity contribution is 5.16. The molecule has 0 amide bonds. The van der Waals surface area contributed by atoms with Crippen molar-refractivity contribution in [3.8, 4) is 0 Å². The van der Waals surface area contributed by atoms with Gasteiger partial charge in [0.15, 0.2) is 0 Å². The second kappa shape index (κ2) is 2.62. The number of aromatic nitrogens is 1. The highest BCUT2D eigenvalue weighted by Gasteiger charge is 2.25. The Kier molecular flexibility index (Phi) is 1.62. The van der Waals surface area contributed by atoms with E-state index in [1.807, 2.05) is 18.5 Å². The Hall–Kier alpha value is -0.890. The molecule has 1 aliphatic rings. The van der Waals surface area contributed by atoms with Crippen LogP contribution in [-0.2, 0) is 0 Å². The Balaban J connectivity index is 2.17. The molecule has 0 saturated carbocycles. The van der Waals surface area contributed by atoms with E-state index >= 15 is 0 Å². The van der Waals surface area contributed by atoms with Crippen molar-refractivity contribution in [3.63, 3.8) is 0 Å². The largest absolute Gasteiger partial charge is 0.299 e. The van der Waals surface area contributed by atoms with E-state index < -0.39 is 0 Å². The Morgan fingerprint density at radius 3 is 3.00 bits per heavy atom. The second-order valence-corrected chi connectivity index (χ2v) is 3.07. The van der Waals surface area contributed by atoms with Crippen molar-refractivity contribution in [1.82, 2.24) is 9.88 Å². The first-order valence-electron chi connectivity index (χ1n) is 3.98. The van der Waals surface area contributed by atoms with Gasteiger partial charge >= 0.3 is 0 Å². The van der Waals surface area contributed by atoms with Gasteiger partial charge in [0, 0.05) is 25.0 Å². The quantitative estimate of drug-likeness (QED) is 0.599. The third-order valence-corrected chi connectivity index (χ3v) is 2.36. The lowest BCUT2D eigenvalue weighted by molar-refractivity contribution is 0.127. The molecule has 58 valence electrons. The third kappa shape index (κ3) is 1.14. The molecule has 1 fully saturated rings. The molecule has 1 unspecified atom stereocenters. The summed E-state index contributed by atoms with van der Waals surface area (Å²) in [5.41, 5.74) is 1.35. The van der Waals surface area contributed by atoms with Gasteiger partial charge in [0.1, 0.15) is 0 Å². The molecule has 2 nitrogen and oxygen atoms in total. The maximum absolute atomic E-state index is 4.10. The molecule has 11 heavy (non-hydrogen) atoms. The normalized spacial score (nSPS) is 24.6. The molecule has 2 heteroatoms.